The third-order valence-corrected chi connectivity index (χ3v) is 6.61. The van der Waals surface area contributed by atoms with Crippen molar-refractivity contribution >= 4 is 18.1 Å². The van der Waals surface area contributed by atoms with E-state index in [1.807, 2.05) is 12.3 Å². The molecule has 0 unspecified atom stereocenters. The number of hydrogen-bond donors (Lipinski definition) is 0. The Morgan fingerprint density at radius 3 is 2.61 bits per heavy atom. The molecule has 1 aromatic carbocycles. The monoisotopic (exact) mass is 454 g/mol. The van der Waals surface area contributed by atoms with Crippen molar-refractivity contribution in [3.8, 4) is 16.9 Å². The molecule has 3 aliphatic rings. The summed E-state index contributed by atoms with van der Waals surface area (Å²) in [6.45, 7) is 8.62. The normalized spacial score (nSPS) is 20.2. The van der Waals surface area contributed by atoms with E-state index in [0.717, 1.165) is 66.9 Å². The van der Waals surface area contributed by atoms with Crippen molar-refractivity contribution in [2.75, 3.05) is 31.6 Å². The summed E-state index contributed by atoms with van der Waals surface area (Å²) >= 11 is 0. The first kappa shape index (κ1) is 23.3. The van der Waals surface area contributed by atoms with Crippen molar-refractivity contribution in [1.82, 2.24) is 14.7 Å². The van der Waals surface area contributed by atoms with Crippen LogP contribution in [0.25, 0.3) is 11.1 Å². The first-order valence-electron chi connectivity index (χ1n) is 11.9. The van der Waals surface area contributed by atoms with E-state index in [1.165, 1.54) is 26.9 Å². The van der Waals surface area contributed by atoms with Crippen molar-refractivity contribution in [2.45, 2.75) is 64.6 Å². The van der Waals surface area contributed by atoms with Crippen LogP contribution >= 0.6 is 0 Å². The highest BCUT2D eigenvalue weighted by Gasteiger charge is 2.35. The molecule has 2 fully saturated rings. The maximum absolute atomic E-state index is 12.5. The summed E-state index contributed by atoms with van der Waals surface area (Å²) in [6.07, 6.45) is 8.86. The molecular weight excluding hydrogens is 420 g/mol. The second-order valence-electron chi connectivity index (χ2n) is 8.94. The molecular formula is C25H34N4O4. The highest BCUT2D eigenvalue weighted by Crippen LogP contribution is 2.44. The van der Waals surface area contributed by atoms with Gasteiger partial charge in [-0.05, 0) is 58.2 Å². The molecule has 1 aromatic heterocycles. The van der Waals surface area contributed by atoms with Crippen molar-refractivity contribution < 1.29 is 19.1 Å². The first-order valence-corrected chi connectivity index (χ1v) is 11.9. The lowest BCUT2D eigenvalue weighted by Crippen LogP contribution is -2.53. The van der Waals surface area contributed by atoms with Gasteiger partial charge >= 0.3 is 6.09 Å². The van der Waals surface area contributed by atoms with E-state index in [0.29, 0.717) is 6.04 Å². The van der Waals surface area contributed by atoms with Crippen molar-refractivity contribution in [1.29, 1.82) is 0 Å². The summed E-state index contributed by atoms with van der Waals surface area (Å²) in [4.78, 5) is 25.4. The van der Waals surface area contributed by atoms with Crippen LogP contribution < -0.4 is 9.64 Å². The van der Waals surface area contributed by atoms with Crippen LogP contribution in [-0.2, 0) is 16.0 Å². The maximum atomic E-state index is 12.5. The van der Waals surface area contributed by atoms with Crippen LogP contribution in [-0.4, -0.2) is 65.9 Å². The number of likely N-dealkylation sites (N-methyl/N-ethyl adjacent to an activating group) is 1. The maximum Gasteiger partial charge on any atom is 0.414 e. The van der Waals surface area contributed by atoms with Crippen molar-refractivity contribution in [2.24, 2.45) is 0 Å². The van der Waals surface area contributed by atoms with Gasteiger partial charge in [-0.25, -0.2) is 4.79 Å². The fourth-order valence-corrected chi connectivity index (χ4v) is 4.58. The molecule has 178 valence electrons. The zero-order chi connectivity index (χ0) is 23.5. The number of methoxy groups -OCH3 is 1. The molecule has 3 heterocycles. The fourth-order valence-electron chi connectivity index (χ4n) is 4.58. The van der Waals surface area contributed by atoms with Crippen LogP contribution in [0.5, 0.6) is 5.75 Å². The van der Waals surface area contributed by atoms with E-state index < -0.39 is 0 Å². The van der Waals surface area contributed by atoms with Gasteiger partial charge in [0.2, 0.25) is 0 Å². The molecule has 0 spiro atoms. The predicted octanol–water partition coefficient (Wildman–Crippen LogP) is 4.08. The fraction of sp³-hybridized carbons (Fsp3) is 0.560. The summed E-state index contributed by atoms with van der Waals surface area (Å²) in [5, 5.41) is 4.58. The zero-order valence-electron chi connectivity index (χ0n) is 20.0. The van der Waals surface area contributed by atoms with Crippen molar-refractivity contribution in [3.05, 3.63) is 30.1 Å². The number of carbonyl (C=O) groups excluding carboxylic acids is 2. The van der Waals surface area contributed by atoms with Gasteiger partial charge in [0, 0.05) is 42.0 Å². The van der Waals surface area contributed by atoms with Crippen LogP contribution in [0, 0.1) is 0 Å². The van der Waals surface area contributed by atoms with Crippen LogP contribution in [0.2, 0.25) is 0 Å². The Morgan fingerprint density at radius 1 is 1.24 bits per heavy atom. The minimum atomic E-state index is -0.315. The van der Waals surface area contributed by atoms with Gasteiger partial charge in [0.25, 0.3) is 0 Å². The highest BCUT2D eigenvalue weighted by atomic mass is 16.5. The van der Waals surface area contributed by atoms with E-state index in [9.17, 15) is 4.79 Å². The highest BCUT2D eigenvalue weighted by molar-refractivity contribution is 5.92. The molecule has 1 amide bonds. The van der Waals surface area contributed by atoms with Gasteiger partial charge in [-0.1, -0.05) is 6.92 Å². The summed E-state index contributed by atoms with van der Waals surface area (Å²) in [6, 6.07) is 4.76. The largest absolute Gasteiger partial charge is 0.487 e. The molecule has 1 saturated carbocycles. The first-order chi connectivity index (χ1) is 16.0. The zero-order valence-corrected chi connectivity index (χ0v) is 20.0. The molecule has 1 aliphatic carbocycles. The number of hydrogen-bond acceptors (Lipinski definition) is 6. The average molecular weight is 455 g/mol. The van der Waals surface area contributed by atoms with Gasteiger partial charge in [0.1, 0.15) is 18.1 Å². The number of ether oxygens (including phenoxy) is 2. The lowest BCUT2D eigenvalue weighted by atomic mass is 9.92. The molecule has 8 heteroatoms. The SMILES string of the molecule is CC=O.CCN1CC(Oc2c(-c3cnn(C4CC4)c3)ccc3c2CC[C@H](C)N3C(=O)OC)C1. The number of benzene rings is 1. The van der Waals surface area contributed by atoms with Crippen molar-refractivity contribution in [3.63, 3.8) is 0 Å². The van der Waals surface area contributed by atoms with Gasteiger partial charge < -0.3 is 14.3 Å². The van der Waals surface area contributed by atoms with E-state index in [2.05, 4.69) is 40.8 Å². The van der Waals surface area contributed by atoms with Crippen LogP contribution in [0.3, 0.4) is 0 Å². The second-order valence-corrected chi connectivity index (χ2v) is 8.94. The molecule has 0 radical (unpaired) electrons. The topological polar surface area (TPSA) is 76.9 Å². The molecule has 5 rings (SSSR count). The summed E-state index contributed by atoms with van der Waals surface area (Å²) < 4.78 is 13.7. The van der Waals surface area contributed by atoms with Crippen LogP contribution in [0.15, 0.2) is 24.5 Å². The predicted molar refractivity (Wildman–Crippen MR) is 127 cm³/mol. The number of likely N-dealkylation sites (tertiary alicyclic amines) is 1. The second kappa shape index (κ2) is 9.95. The molecule has 2 aromatic rings. The van der Waals surface area contributed by atoms with Gasteiger partial charge in [-0.3, -0.25) is 14.5 Å². The summed E-state index contributed by atoms with van der Waals surface area (Å²) in [5.41, 5.74) is 4.15. The molecule has 33 heavy (non-hydrogen) atoms. The van der Waals surface area contributed by atoms with E-state index in [1.54, 1.807) is 4.90 Å². The minimum Gasteiger partial charge on any atom is -0.487 e. The number of amides is 1. The van der Waals surface area contributed by atoms with Crippen LogP contribution in [0.1, 0.15) is 51.6 Å². The molecule has 2 aliphatic heterocycles. The van der Waals surface area contributed by atoms with E-state index in [4.69, 9.17) is 14.3 Å². The molecule has 1 saturated heterocycles. The Hall–Kier alpha value is -2.87. The number of aldehydes is 1. The molecule has 0 bridgehead atoms. The van der Waals surface area contributed by atoms with E-state index in [-0.39, 0.29) is 18.2 Å². The van der Waals surface area contributed by atoms with Crippen LogP contribution in [0.4, 0.5) is 10.5 Å². The van der Waals surface area contributed by atoms with E-state index >= 15 is 0 Å². The molecule has 0 N–H and O–H groups in total. The molecule has 1 atom stereocenters. The van der Waals surface area contributed by atoms with Gasteiger partial charge in [0.05, 0.1) is 25.0 Å². The number of fused-ring (bicyclic) bond motifs is 1. The Kier molecular flexibility index (Phi) is 7.02. The Balaban J connectivity index is 0.000000821. The summed E-state index contributed by atoms with van der Waals surface area (Å²) in [5.74, 6) is 0.907. The average Bonchev–Trinajstić information content (AvgIpc) is 3.52. The number of rotatable bonds is 5. The quantitative estimate of drug-likeness (QED) is 0.634. The smallest absolute Gasteiger partial charge is 0.414 e. The van der Waals surface area contributed by atoms with Gasteiger partial charge in [0.15, 0.2) is 0 Å². The standard InChI is InChI=1S/C23H30N4O3.C2H4O/c1-4-25-13-18(14-25)30-22-19(16-11-24-26(12-16)17-6-7-17)9-10-21-20(22)8-5-15(2)27(21)23(28)29-3;1-2-3/h9-12,15,17-18H,4-8,13-14H2,1-3H3;2H,1H3/t15-;/m0./s1. The van der Waals surface area contributed by atoms with Gasteiger partial charge in [-0.15, -0.1) is 0 Å². The van der Waals surface area contributed by atoms with Gasteiger partial charge in [-0.2, -0.15) is 5.10 Å². The Morgan fingerprint density at radius 2 is 1.97 bits per heavy atom. The number of carbonyl (C=O) groups is 2. The third kappa shape index (κ3) is 4.76. The molecule has 8 nitrogen and oxygen atoms in total. The minimum absolute atomic E-state index is 0.0977. The number of nitrogens with zero attached hydrogens (tertiary/aromatic N) is 4. The third-order valence-electron chi connectivity index (χ3n) is 6.61. The summed E-state index contributed by atoms with van der Waals surface area (Å²) in [7, 11) is 1.44. The lowest BCUT2D eigenvalue weighted by Gasteiger charge is -2.40. The Labute approximate surface area is 195 Å². The number of aromatic nitrogens is 2. The lowest BCUT2D eigenvalue weighted by molar-refractivity contribution is -0.106. The number of anilines is 1. The Bertz CT molecular complexity index is 994.